The van der Waals surface area contributed by atoms with E-state index in [1.54, 1.807) is 36.3 Å². The standard InChI is InChI=1S/C15H17N3O4/c1-21-12-7-5-11(6-8-12)18-13(15(20)22-16-18)14(19)17-9-3-2-4-10-17/h5-8H,2-4,9-10H2,1H3/p+1. The van der Waals surface area contributed by atoms with Crippen LogP contribution in [0.4, 0.5) is 0 Å². The highest BCUT2D eigenvalue weighted by molar-refractivity contribution is 5.90. The van der Waals surface area contributed by atoms with Gasteiger partial charge in [0.15, 0.2) is 0 Å². The number of hydrogen-bond acceptors (Lipinski definition) is 4. The van der Waals surface area contributed by atoms with Crippen LogP contribution in [-0.2, 0) is 0 Å². The molecule has 2 aromatic rings. The third kappa shape index (κ3) is 2.61. The van der Waals surface area contributed by atoms with Gasteiger partial charge in [-0.2, -0.15) is 0 Å². The van der Waals surface area contributed by atoms with Crippen LogP contribution in [0, 0.1) is 0 Å². The molecule has 0 bridgehead atoms. The molecule has 0 spiro atoms. The summed E-state index contributed by atoms with van der Waals surface area (Å²) in [6.07, 6.45) is 3.04. The Bertz CT molecular complexity index is 711. The number of carbonyl (C=O) groups is 1. The van der Waals surface area contributed by atoms with Crippen molar-refractivity contribution >= 4 is 5.91 Å². The molecule has 1 N–H and O–H groups in total. The van der Waals surface area contributed by atoms with Crippen molar-refractivity contribution in [3.05, 3.63) is 40.4 Å². The molecule has 1 amide bonds. The van der Waals surface area contributed by atoms with E-state index in [0.29, 0.717) is 24.5 Å². The van der Waals surface area contributed by atoms with E-state index >= 15 is 0 Å². The van der Waals surface area contributed by atoms with Gasteiger partial charge in [0.2, 0.25) is 5.69 Å². The van der Waals surface area contributed by atoms with Gasteiger partial charge in [0, 0.05) is 25.2 Å². The lowest BCUT2D eigenvalue weighted by Crippen LogP contribution is -2.47. The van der Waals surface area contributed by atoms with Gasteiger partial charge in [-0.05, 0) is 41.3 Å². The number of ether oxygens (including phenoxy) is 1. The SMILES string of the molecule is COc1ccc(-[n+]2[nH]oc(=O)c2C(=O)N2CCCCC2)cc1. The fraction of sp³-hybridized carbons (Fsp3) is 0.400. The largest absolute Gasteiger partial charge is 0.497 e. The molecular weight excluding hydrogens is 286 g/mol. The zero-order valence-electron chi connectivity index (χ0n) is 12.4. The van der Waals surface area contributed by atoms with Gasteiger partial charge in [-0.25, -0.2) is 4.79 Å². The van der Waals surface area contributed by atoms with Gasteiger partial charge in [-0.15, -0.1) is 0 Å². The molecule has 7 heteroatoms. The van der Waals surface area contributed by atoms with Crippen molar-refractivity contribution in [2.75, 3.05) is 20.2 Å². The molecule has 116 valence electrons. The number of piperidine rings is 1. The zero-order valence-corrected chi connectivity index (χ0v) is 12.4. The molecule has 0 saturated carbocycles. The fourth-order valence-corrected chi connectivity index (χ4v) is 2.62. The van der Waals surface area contributed by atoms with Gasteiger partial charge in [-0.1, -0.05) is 0 Å². The number of amides is 1. The number of nitrogens with one attached hydrogen (secondary N) is 1. The fourth-order valence-electron chi connectivity index (χ4n) is 2.62. The Kier molecular flexibility index (Phi) is 3.95. The highest BCUT2D eigenvalue weighted by Crippen LogP contribution is 2.13. The van der Waals surface area contributed by atoms with E-state index in [0.717, 1.165) is 19.3 Å². The summed E-state index contributed by atoms with van der Waals surface area (Å²) < 4.78 is 11.3. The van der Waals surface area contributed by atoms with E-state index in [1.807, 2.05) is 0 Å². The van der Waals surface area contributed by atoms with Crippen molar-refractivity contribution in [1.29, 1.82) is 0 Å². The second kappa shape index (κ2) is 6.05. The lowest BCUT2D eigenvalue weighted by molar-refractivity contribution is -0.672. The molecule has 1 saturated heterocycles. The van der Waals surface area contributed by atoms with Crippen LogP contribution in [0.5, 0.6) is 5.75 Å². The van der Waals surface area contributed by atoms with Crippen molar-refractivity contribution in [3.8, 4) is 11.4 Å². The van der Waals surface area contributed by atoms with Crippen LogP contribution < -0.4 is 15.0 Å². The highest BCUT2D eigenvalue weighted by Gasteiger charge is 2.34. The van der Waals surface area contributed by atoms with Crippen molar-refractivity contribution in [2.45, 2.75) is 19.3 Å². The number of nitrogens with zero attached hydrogens (tertiary/aromatic N) is 2. The number of aromatic amines is 1. The summed E-state index contributed by atoms with van der Waals surface area (Å²) in [5.41, 5.74) is -0.0366. The Morgan fingerprint density at radius 3 is 2.55 bits per heavy atom. The van der Waals surface area contributed by atoms with Crippen LogP contribution in [0.15, 0.2) is 33.6 Å². The minimum absolute atomic E-state index is 0.00735. The monoisotopic (exact) mass is 304 g/mol. The molecule has 2 heterocycles. The normalized spacial score (nSPS) is 14.9. The van der Waals surface area contributed by atoms with Crippen LogP contribution >= 0.6 is 0 Å². The van der Waals surface area contributed by atoms with Crippen LogP contribution in [0.1, 0.15) is 29.8 Å². The summed E-state index contributed by atoms with van der Waals surface area (Å²) in [6, 6.07) is 7.00. The number of hydrogen-bond donors (Lipinski definition) is 1. The molecule has 1 aromatic heterocycles. The van der Waals surface area contributed by atoms with Gasteiger partial charge in [0.05, 0.1) is 7.11 Å². The maximum absolute atomic E-state index is 12.6. The Labute approximate surface area is 127 Å². The first-order valence-corrected chi connectivity index (χ1v) is 7.28. The molecule has 22 heavy (non-hydrogen) atoms. The van der Waals surface area contributed by atoms with Crippen LogP contribution in [0.3, 0.4) is 0 Å². The lowest BCUT2D eigenvalue weighted by Gasteiger charge is -2.24. The highest BCUT2D eigenvalue weighted by atomic mass is 16.5. The van der Waals surface area contributed by atoms with E-state index in [9.17, 15) is 9.59 Å². The molecule has 1 aliphatic heterocycles. The third-order valence-corrected chi connectivity index (χ3v) is 3.82. The van der Waals surface area contributed by atoms with Crippen LogP contribution in [0.25, 0.3) is 5.69 Å². The maximum atomic E-state index is 12.6. The van der Waals surface area contributed by atoms with Crippen molar-refractivity contribution < 1.29 is 18.7 Å². The molecule has 1 fully saturated rings. The number of benzene rings is 1. The number of rotatable bonds is 3. The van der Waals surface area contributed by atoms with E-state index in [-0.39, 0.29) is 11.6 Å². The predicted octanol–water partition coefficient (Wildman–Crippen LogP) is 0.879. The van der Waals surface area contributed by atoms with E-state index in [2.05, 4.69) is 5.27 Å². The smallest absolute Gasteiger partial charge is 0.441 e. The molecule has 0 aliphatic carbocycles. The van der Waals surface area contributed by atoms with Gasteiger partial charge in [0.25, 0.3) is 0 Å². The Morgan fingerprint density at radius 1 is 1.23 bits per heavy atom. The minimum atomic E-state index is -0.661. The maximum Gasteiger partial charge on any atom is 0.441 e. The molecule has 7 nitrogen and oxygen atoms in total. The molecule has 1 aliphatic rings. The average Bonchev–Trinajstić information content (AvgIpc) is 2.96. The van der Waals surface area contributed by atoms with Crippen molar-refractivity contribution in [1.82, 2.24) is 10.2 Å². The second-order valence-corrected chi connectivity index (χ2v) is 5.22. The quantitative estimate of drug-likeness (QED) is 0.854. The average molecular weight is 304 g/mol. The third-order valence-electron chi connectivity index (χ3n) is 3.82. The number of H-pyrrole nitrogens is 1. The Hall–Kier alpha value is -2.57. The van der Waals surface area contributed by atoms with Gasteiger partial charge in [0.1, 0.15) is 5.75 Å². The van der Waals surface area contributed by atoms with Crippen molar-refractivity contribution in [2.24, 2.45) is 0 Å². The number of aromatic nitrogens is 2. The van der Waals surface area contributed by atoms with Crippen LogP contribution in [-0.4, -0.2) is 36.3 Å². The second-order valence-electron chi connectivity index (χ2n) is 5.22. The van der Waals surface area contributed by atoms with Crippen molar-refractivity contribution in [3.63, 3.8) is 0 Å². The molecule has 1 aromatic carbocycles. The Balaban J connectivity index is 1.96. The van der Waals surface area contributed by atoms with Gasteiger partial charge >= 0.3 is 17.2 Å². The Morgan fingerprint density at radius 2 is 1.91 bits per heavy atom. The zero-order chi connectivity index (χ0) is 15.5. The lowest BCUT2D eigenvalue weighted by atomic mass is 10.1. The summed E-state index contributed by atoms with van der Waals surface area (Å²) in [5.74, 6) is 0.393. The summed E-state index contributed by atoms with van der Waals surface area (Å²) >= 11 is 0. The van der Waals surface area contributed by atoms with Gasteiger partial charge < -0.3 is 9.64 Å². The predicted molar refractivity (Wildman–Crippen MR) is 77.2 cm³/mol. The summed E-state index contributed by atoms with van der Waals surface area (Å²) in [5, 5.41) is 2.49. The molecule has 0 atom stereocenters. The minimum Gasteiger partial charge on any atom is -0.497 e. The molecule has 0 unspecified atom stereocenters. The van der Waals surface area contributed by atoms with E-state index in [4.69, 9.17) is 9.26 Å². The number of methoxy groups -OCH3 is 1. The first-order chi connectivity index (χ1) is 10.7. The summed E-state index contributed by atoms with van der Waals surface area (Å²) in [6.45, 7) is 1.35. The number of carbonyl (C=O) groups excluding carboxylic acids is 1. The van der Waals surface area contributed by atoms with Crippen LogP contribution in [0.2, 0.25) is 0 Å². The van der Waals surface area contributed by atoms with Gasteiger partial charge in [-0.3, -0.25) is 9.32 Å². The van der Waals surface area contributed by atoms with E-state index < -0.39 is 5.63 Å². The molecule has 3 rings (SSSR count). The molecular formula is C15H18N3O4+. The summed E-state index contributed by atoms with van der Waals surface area (Å²) in [4.78, 5) is 26.2. The molecule has 0 radical (unpaired) electrons. The number of likely N-dealkylation sites (tertiary alicyclic amines) is 1. The topological polar surface area (TPSA) is 79.4 Å². The van der Waals surface area contributed by atoms with E-state index in [1.165, 1.54) is 4.68 Å². The summed E-state index contributed by atoms with van der Waals surface area (Å²) in [7, 11) is 1.58. The first-order valence-electron chi connectivity index (χ1n) is 7.28. The first kappa shape index (κ1) is 14.4.